The molecule has 0 saturated heterocycles. The summed E-state index contributed by atoms with van der Waals surface area (Å²) in [5.74, 6) is -1.71. The second-order valence-corrected chi connectivity index (χ2v) is 6.59. The topological polar surface area (TPSA) is 113 Å². The molecule has 110 valence electrons. The van der Waals surface area contributed by atoms with Crippen molar-refractivity contribution in [2.45, 2.75) is 19.4 Å². The first kappa shape index (κ1) is 16.1. The van der Waals surface area contributed by atoms with Gasteiger partial charge in [0.05, 0.1) is 11.8 Å². The van der Waals surface area contributed by atoms with Gasteiger partial charge in [0.15, 0.2) is 0 Å². The zero-order chi connectivity index (χ0) is 15.6. The van der Waals surface area contributed by atoms with Crippen LogP contribution in [-0.2, 0) is 14.8 Å². The summed E-state index contributed by atoms with van der Waals surface area (Å²) >= 11 is 0. The lowest BCUT2D eigenvalue weighted by Crippen LogP contribution is -2.51. The molecule has 0 unspecified atom stereocenters. The van der Waals surface area contributed by atoms with Crippen molar-refractivity contribution in [1.29, 1.82) is 0 Å². The van der Waals surface area contributed by atoms with Crippen LogP contribution < -0.4 is 10.0 Å². The number of carbonyl (C=O) groups is 2. The summed E-state index contributed by atoms with van der Waals surface area (Å²) in [4.78, 5) is 22.8. The minimum Gasteiger partial charge on any atom is -0.478 e. The van der Waals surface area contributed by atoms with Gasteiger partial charge >= 0.3 is 5.97 Å². The van der Waals surface area contributed by atoms with Gasteiger partial charge in [-0.1, -0.05) is 6.07 Å². The van der Waals surface area contributed by atoms with E-state index < -0.39 is 27.4 Å². The van der Waals surface area contributed by atoms with Gasteiger partial charge < -0.3 is 10.4 Å². The number of benzene rings is 1. The summed E-state index contributed by atoms with van der Waals surface area (Å²) in [6.07, 6.45) is 0.951. The summed E-state index contributed by atoms with van der Waals surface area (Å²) in [7, 11) is -3.55. The number of nitrogens with one attached hydrogen (secondary N) is 2. The number of amides is 1. The maximum atomic E-state index is 12.0. The molecular weight excluding hydrogens is 284 g/mol. The number of carboxylic acid groups (broad SMARTS) is 1. The van der Waals surface area contributed by atoms with Gasteiger partial charge in [0.25, 0.3) is 0 Å². The minimum absolute atomic E-state index is 0.0247. The summed E-state index contributed by atoms with van der Waals surface area (Å²) in [6.45, 7) is 2.81. The smallest absolute Gasteiger partial charge is 0.335 e. The monoisotopic (exact) mass is 300 g/mol. The van der Waals surface area contributed by atoms with Crippen molar-refractivity contribution in [1.82, 2.24) is 4.72 Å². The first-order chi connectivity index (χ1) is 9.01. The van der Waals surface area contributed by atoms with Crippen LogP contribution in [0.25, 0.3) is 0 Å². The zero-order valence-electron chi connectivity index (χ0n) is 11.3. The number of hydrogen-bond acceptors (Lipinski definition) is 4. The molecule has 0 fully saturated rings. The van der Waals surface area contributed by atoms with Crippen LogP contribution in [0.15, 0.2) is 24.3 Å². The molecule has 1 aromatic rings. The van der Waals surface area contributed by atoms with Crippen molar-refractivity contribution >= 4 is 27.6 Å². The number of rotatable bonds is 5. The van der Waals surface area contributed by atoms with Gasteiger partial charge in [-0.3, -0.25) is 4.79 Å². The SMILES string of the molecule is CC(C)(NS(C)(=O)=O)C(=O)Nc1cccc(C(=O)O)c1. The summed E-state index contributed by atoms with van der Waals surface area (Å²) in [6, 6.07) is 5.67. The van der Waals surface area contributed by atoms with Crippen LogP contribution in [0.1, 0.15) is 24.2 Å². The summed E-state index contributed by atoms with van der Waals surface area (Å²) in [5, 5.41) is 11.3. The third-order valence-corrected chi connectivity index (χ3v) is 3.26. The molecular formula is C12H16N2O5S. The van der Waals surface area contributed by atoms with E-state index in [2.05, 4.69) is 10.0 Å². The van der Waals surface area contributed by atoms with Crippen LogP contribution in [0, 0.1) is 0 Å². The quantitative estimate of drug-likeness (QED) is 0.739. The number of carbonyl (C=O) groups excluding carboxylic acids is 1. The third-order valence-electron chi connectivity index (χ3n) is 2.38. The summed E-state index contributed by atoms with van der Waals surface area (Å²) in [5.41, 5.74) is -1.05. The van der Waals surface area contributed by atoms with Gasteiger partial charge in [0, 0.05) is 5.69 Å². The number of anilines is 1. The van der Waals surface area contributed by atoms with Gasteiger partial charge in [0.2, 0.25) is 15.9 Å². The molecule has 0 aromatic heterocycles. The number of sulfonamides is 1. The molecule has 8 heteroatoms. The van der Waals surface area contributed by atoms with Crippen molar-refractivity contribution in [3.05, 3.63) is 29.8 Å². The lowest BCUT2D eigenvalue weighted by atomic mass is 10.1. The fourth-order valence-electron chi connectivity index (χ4n) is 1.53. The predicted octanol–water partition coefficient (Wildman–Crippen LogP) is 0.651. The Bertz CT molecular complexity index is 637. The Morgan fingerprint density at radius 2 is 1.85 bits per heavy atom. The average molecular weight is 300 g/mol. The Kier molecular flexibility index (Phi) is 4.51. The van der Waals surface area contributed by atoms with Crippen LogP contribution in [0.4, 0.5) is 5.69 Å². The lowest BCUT2D eigenvalue weighted by Gasteiger charge is -2.23. The average Bonchev–Trinajstić information content (AvgIpc) is 2.26. The van der Waals surface area contributed by atoms with Gasteiger partial charge in [-0.15, -0.1) is 0 Å². The second kappa shape index (κ2) is 5.59. The molecule has 0 heterocycles. The Labute approximate surface area is 117 Å². The number of carboxylic acids is 1. The molecule has 0 aliphatic carbocycles. The fraction of sp³-hybridized carbons (Fsp3) is 0.333. The first-order valence-corrected chi connectivity index (χ1v) is 7.54. The largest absolute Gasteiger partial charge is 0.478 e. The van der Waals surface area contributed by atoms with E-state index in [1.165, 1.54) is 38.1 Å². The highest BCUT2D eigenvalue weighted by Gasteiger charge is 2.30. The van der Waals surface area contributed by atoms with E-state index in [1.807, 2.05) is 0 Å². The molecule has 0 saturated carbocycles. The van der Waals surface area contributed by atoms with Crippen molar-refractivity contribution in [3.63, 3.8) is 0 Å². The van der Waals surface area contributed by atoms with Gasteiger partial charge in [-0.25, -0.2) is 17.9 Å². The van der Waals surface area contributed by atoms with Crippen LogP contribution >= 0.6 is 0 Å². The van der Waals surface area contributed by atoms with Crippen molar-refractivity contribution in [2.75, 3.05) is 11.6 Å². The van der Waals surface area contributed by atoms with Crippen molar-refractivity contribution in [2.24, 2.45) is 0 Å². The Morgan fingerprint density at radius 3 is 2.35 bits per heavy atom. The van der Waals surface area contributed by atoms with Crippen LogP contribution in [0.5, 0.6) is 0 Å². The van der Waals surface area contributed by atoms with Crippen LogP contribution in [0.2, 0.25) is 0 Å². The fourth-order valence-corrected chi connectivity index (χ4v) is 2.55. The molecule has 0 atom stereocenters. The molecule has 3 N–H and O–H groups in total. The van der Waals surface area contributed by atoms with E-state index >= 15 is 0 Å². The van der Waals surface area contributed by atoms with E-state index in [-0.39, 0.29) is 11.3 Å². The predicted molar refractivity (Wildman–Crippen MR) is 74.1 cm³/mol. The van der Waals surface area contributed by atoms with E-state index in [4.69, 9.17) is 5.11 Å². The van der Waals surface area contributed by atoms with Gasteiger partial charge in [-0.2, -0.15) is 0 Å². The normalized spacial score (nSPS) is 11.9. The van der Waals surface area contributed by atoms with Crippen LogP contribution in [-0.4, -0.2) is 37.2 Å². The molecule has 0 aliphatic heterocycles. The van der Waals surface area contributed by atoms with Crippen LogP contribution in [0.3, 0.4) is 0 Å². The second-order valence-electron chi connectivity index (χ2n) is 4.84. The van der Waals surface area contributed by atoms with E-state index in [9.17, 15) is 18.0 Å². The van der Waals surface area contributed by atoms with Crippen molar-refractivity contribution < 1.29 is 23.1 Å². The zero-order valence-corrected chi connectivity index (χ0v) is 12.1. The highest BCUT2D eigenvalue weighted by atomic mass is 32.2. The van der Waals surface area contributed by atoms with Crippen molar-refractivity contribution in [3.8, 4) is 0 Å². The molecule has 20 heavy (non-hydrogen) atoms. The molecule has 0 radical (unpaired) electrons. The van der Waals surface area contributed by atoms with Gasteiger partial charge in [0.1, 0.15) is 5.54 Å². The first-order valence-electron chi connectivity index (χ1n) is 5.65. The maximum Gasteiger partial charge on any atom is 0.335 e. The Morgan fingerprint density at radius 1 is 1.25 bits per heavy atom. The lowest BCUT2D eigenvalue weighted by molar-refractivity contribution is -0.120. The minimum atomic E-state index is -3.55. The van der Waals surface area contributed by atoms with Gasteiger partial charge in [-0.05, 0) is 32.0 Å². The maximum absolute atomic E-state index is 12.0. The molecule has 1 rings (SSSR count). The Hall–Kier alpha value is -1.93. The molecule has 0 spiro atoms. The number of hydrogen-bond donors (Lipinski definition) is 3. The van der Waals surface area contributed by atoms with E-state index in [0.29, 0.717) is 0 Å². The molecule has 1 amide bonds. The molecule has 7 nitrogen and oxygen atoms in total. The molecule has 1 aromatic carbocycles. The molecule has 0 bridgehead atoms. The Balaban J connectivity index is 2.90. The molecule has 0 aliphatic rings. The third kappa shape index (κ3) is 4.63. The summed E-state index contributed by atoms with van der Waals surface area (Å²) < 4.78 is 24.6. The van der Waals surface area contributed by atoms with E-state index in [1.54, 1.807) is 0 Å². The highest BCUT2D eigenvalue weighted by molar-refractivity contribution is 7.88. The number of aromatic carboxylic acids is 1. The van der Waals surface area contributed by atoms with E-state index in [0.717, 1.165) is 6.26 Å². The highest BCUT2D eigenvalue weighted by Crippen LogP contribution is 2.14. The standard InChI is InChI=1S/C12H16N2O5S/c1-12(2,14-20(3,18)19)11(17)13-9-6-4-5-8(7-9)10(15)16/h4-7,14H,1-3H3,(H,13,17)(H,15,16).